The van der Waals surface area contributed by atoms with Gasteiger partial charge in [0.25, 0.3) is 5.91 Å². The van der Waals surface area contributed by atoms with E-state index in [1.807, 2.05) is 57.3 Å². The second-order valence-corrected chi connectivity index (χ2v) is 6.56. The van der Waals surface area contributed by atoms with Crippen molar-refractivity contribution in [2.75, 3.05) is 6.61 Å². The third-order valence-electron chi connectivity index (χ3n) is 4.13. The fourth-order valence-electron chi connectivity index (χ4n) is 2.95. The van der Waals surface area contributed by atoms with Gasteiger partial charge in [-0.15, -0.1) is 0 Å². The highest BCUT2D eigenvalue weighted by Gasteiger charge is 2.33. The van der Waals surface area contributed by atoms with Gasteiger partial charge in [0.1, 0.15) is 5.69 Å². The van der Waals surface area contributed by atoms with Crippen molar-refractivity contribution in [1.82, 2.24) is 15.1 Å². The molecule has 3 rings (SSSR count). The normalized spacial score (nSPS) is 19.7. The Morgan fingerprint density at radius 3 is 2.74 bits per heavy atom. The second-order valence-electron chi connectivity index (χ2n) is 6.56. The monoisotopic (exact) mass is 313 g/mol. The first kappa shape index (κ1) is 15.7. The molecule has 1 saturated heterocycles. The first-order valence-electron chi connectivity index (χ1n) is 8.06. The van der Waals surface area contributed by atoms with Crippen molar-refractivity contribution >= 4 is 5.91 Å². The maximum Gasteiger partial charge on any atom is 0.255 e. The lowest BCUT2D eigenvalue weighted by Gasteiger charge is -2.16. The van der Waals surface area contributed by atoms with E-state index in [2.05, 4.69) is 10.4 Å². The van der Waals surface area contributed by atoms with Gasteiger partial charge in [0.05, 0.1) is 23.8 Å². The van der Waals surface area contributed by atoms with Crippen molar-refractivity contribution in [1.29, 1.82) is 0 Å². The molecule has 5 heteroatoms. The quantitative estimate of drug-likeness (QED) is 0.944. The van der Waals surface area contributed by atoms with Crippen LogP contribution in [0, 0.1) is 0 Å². The number of hydrogen-bond acceptors (Lipinski definition) is 3. The van der Waals surface area contributed by atoms with Crippen molar-refractivity contribution in [3.8, 4) is 11.3 Å². The lowest BCUT2D eigenvalue weighted by atomic mass is 10.0. The number of aromatic nitrogens is 2. The summed E-state index contributed by atoms with van der Waals surface area (Å²) in [6.07, 6.45) is 2.64. The molecule has 5 nitrogen and oxygen atoms in total. The first-order valence-corrected chi connectivity index (χ1v) is 8.06. The average Bonchev–Trinajstić information content (AvgIpc) is 3.11. The van der Waals surface area contributed by atoms with Crippen molar-refractivity contribution in [3.63, 3.8) is 0 Å². The lowest BCUT2D eigenvalue weighted by molar-refractivity contribution is 0.0355. The molecule has 2 aromatic rings. The van der Waals surface area contributed by atoms with Gasteiger partial charge in [0.15, 0.2) is 0 Å². The van der Waals surface area contributed by atoms with Crippen LogP contribution in [-0.4, -0.2) is 33.9 Å². The van der Waals surface area contributed by atoms with Crippen LogP contribution in [0.15, 0.2) is 36.5 Å². The summed E-state index contributed by atoms with van der Waals surface area (Å²) in [6.45, 7) is 7.39. The fraction of sp³-hybridized carbons (Fsp3) is 0.444. The smallest absolute Gasteiger partial charge is 0.255 e. The average molecular weight is 313 g/mol. The zero-order valence-electron chi connectivity index (χ0n) is 13.9. The van der Waals surface area contributed by atoms with E-state index in [1.54, 1.807) is 4.68 Å². The summed E-state index contributed by atoms with van der Waals surface area (Å²) in [7, 11) is 0. The summed E-state index contributed by atoms with van der Waals surface area (Å²) < 4.78 is 7.49. The predicted molar refractivity (Wildman–Crippen MR) is 89.2 cm³/mol. The number of aryl methyl sites for hydroxylation is 1. The molecule has 122 valence electrons. The summed E-state index contributed by atoms with van der Waals surface area (Å²) in [5.74, 6) is -0.0881. The first-order chi connectivity index (χ1) is 11.0. The Morgan fingerprint density at radius 1 is 1.39 bits per heavy atom. The Bertz CT molecular complexity index is 692. The van der Waals surface area contributed by atoms with E-state index in [9.17, 15) is 4.79 Å². The SMILES string of the molecule is CCn1cc(C(=O)NC2COC(C)(C)C2)c(-c2ccccc2)n1. The van der Waals surface area contributed by atoms with E-state index in [0.29, 0.717) is 12.2 Å². The molecule has 1 amide bonds. The molecule has 0 radical (unpaired) electrons. The number of ether oxygens (including phenoxy) is 1. The molecule has 1 aliphatic rings. The molecule has 0 bridgehead atoms. The summed E-state index contributed by atoms with van der Waals surface area (Å²) >= 11 is 0. The molecule has 1 aromatic carbocycles. The molecule has 1 fully saturated rings. The highest BCUT2D eigenvalue weighted by molar-refractivity contribution is 6.00. The number of benzene rings is 1. The molecular weight excluding hydrogens is 290 g/mol. The molecule has 2 heterocycles. The second kappa shape index (κ2) is 6.16. The van der Waals surface area contributed by atoms with E-state index in [-0.39, 0.29) is 17.6 Å². The highest BCUT2D eigenvalue weighted by Crippen LogP contribution is 2.26. The van der Waals surface area contributed by atoms with Crippen LogP contribution in [0.3, 0.4) is 0 Å². The molecular formula is C18H23N3O2. The van der Waals surface area contributed by atoms with Crippen molar-refractivity contribution in [3.05, 3.63) is 42.1 Å². The topological polar surface area (TPSA) is 56.2 Å². The summed E-state index contributed by atoms with van der Waals surface area (Å²) in [6, 6.07) is 9.86. The number of nitrogens with one attached hydrogen (secondary N) is 1. The fourth-order valence-corrected chi connectivity index (χ4v) is 2.95. The highest BCUT2D eigenvalue weighted by atomic mass is 16.5. The number of carbonyl (C=O) groups excluding carboxylic acids is 1. The summed E-state index contributed by atoms with van der Waals surface area (Å²) in [5, 5.41) is 7.63. The van der Waals surface area contributed by atoms with Crippen molar-refractivity contribution in [2.24, 2.45) is 0 Å². The third kappa shape index (κ3) is 3.45. The lowest BCUT2D eigenvalue weighted by Crippen LogP contribution is -2.36. The van der Waals surface area contributed by atoms with E-state index >= 15 is 0 Å². The Hall–Kier alpha value is -2.14. The van der Waals surface area contributed by atoms with E-state index < -0.39 is 0 Å². The number of rotatable bonds is 4. The zero-order chi connectivity index (χ0) is 16.4. The number of carbonyl (C=O) groups is 1. The van der Waals surface area contributed by atoms with Crippen LogP contribution in [0.4, 0.5) is 0 Å². The van der Waals surface area contributed by atoms with Crippen molar-refractivity contribution < 1.29 is 9.53 Å². The Balaban J connectivity index is 1.84. The van der Waals surface area contributed by atoms with Crippen LogP contribution >= 0.6 is 0 Å². The van der Waals surface area contributed by atoms with Crippen LogP contribution in [0.1, 0.15) is 37.6 Å². The molecule has 1 aromatic heterocycles. The molecule has 0 aliphatic carbocycles. The summed E-state index contributed by atoms with van der Waals surface area (Å²) in [4.78, 5) is 12.7. The van der Waals surface area contributed by atoms with Gasteiger partial charge in [-0.25, -0.2) is 0 Å². The Labute approximate surface area is 136 Å². The minimum atomic E-state index is -0.173. The van der Waals surface area contributed by atoms with Gasteiger partial charge < -0.3 is 10.1 Å². The van der Waals surface area contributed by atoms with Gasteiger partial charge in [-0.05, 0) is 27.2 Å². The predicted octanol–water partition coefficient (Wildman–Crippen LogP) is 2.87. The Kier molecular flexibility index (Phi) is 4.22. The minimum Gasteiger partial charge on any atom is -0.373 e. The van der Waals surface area contributed by atoms with Crippen LogP contribution in [0.2, 0.25) is 0 Å². The third-order valence-corrected chi connectivity index (χ3v) is 4.13. The molecule has 0 spiro atoms. The van der Waals surface area contributed by atoms with E-state index in [4.69, 9.17) is 4.74 Å². The largest absolute Gasteiger partial charge is 0.373 e. The number of nitrogens with zero attached hydrogens (tertiary/aromatic N) is 2. The van der Waals surface area contributed by atoms with E-state index in [1.165, 1.54) is 0 Å². The molecule has 1 unspecified atom stereocenters. The molecule has 23 heavy (non-hydrogen) atoms. The molecule has 1 atom stereocenters. The van der Waals surface area contributed by atoms with Crippen LogP contribution in [-0.2, 0) is 11.3 Å². The van der Waals surface area contributed by atoms with Crippen LogP contribution < -0.4 is 5.32 Å². The summed E-state index contributed by atoms with van der Waals surface area (Å²) in [5.41, 5.74) is 2.12. The molecule has 1 aliphatic heterocycles. The Morgan fingerprint density at radius 2 is 2.13 bits per heavy atom. The molecule has 0 saturated carbocycles. The minimum absolute atomic E-state index is 0.0473. The maximum absolute atomic E-state index is 12.7. The van der Waals surface area contributed by atoms with Crippen LogP contribution in [0.25, 0.3) is 11.3 Å². The van der Waals surface area contributed by atoms with E-state index in [0.717, 1.165) is 24.2 Å². The molecule has 1 N–H and O–H groups in total. The van der Waals surface area contributed by atoms with Crippen molar-refractivity contribution in [2.45, 2.75) is 45.4 Å². The number of hydrogen-bond donors (Lipinski definition) is 1. The van der Waals surface area contributed by atoms with Crippen LogP contribution in [0.5, 0.6) is 0 Å². The van der Waals surface area contributed by atoms with Gasteiger partial charge in [0.2, 0.25) is 0 Å². The van der Waals surface area contributed by atoms with Gasteiger partial charge in [-0.3, -0.25) is 9.48 Å². The van der Waals surface area contributed by atoms with Gasteiger partial charge in [-0.2, -0.15) is 5.10 Å². The number of amides is 1. The zero-order valence-corrected chi connectivity index (χ0v) is 13.9. The van der Waals surface area contributed by atoms with Gasteiger partial charge in [0, 0.05) is 18.3 Å². The van der Waals surface area contributed by atoms with Gasteiger partial charge in [-0.1, -0.05) is 30.3 Å². The maximum atomic E-state index is 12.7. The van der Waals surface area contributed by atoms with Gasteiger partial charge >= 0.3 is 0 Å². The standard InChI is InChI=1S/C18H23N3O2/c1-4-21-11-15(16(20-21)13-8-6-5-7-9-13)17(22)19-14-10-18(2,3)23-12-14/h5-9,11,14H,4,10,12H2,1-3H3,(H,19,22).